The molecule has 1 N–H and O–H groups in total. The number of nitrogens with zero attached hydrogens (tertiary/aromatic N) is 1. The van der Waals surface area contributed by atoms with Crippen molar-refractivity contribution in [3.8, 4) is 5.75 Å². The van der Waals surface area contributed by atoms with Crippen molar-refractivity contribution < 1.29 is 14.6 Å². The first-order valence-corrected chi connectivity index (χ1v) is 6.84. The zero-order valence-corrected chi connectivity index (χ0v) is 11.2. The van der Waals surface area contributed by atoms with E-state index in [-0.39, 0.29) is 0 Å². The minimum atomic E-state index is -0.833. The molecular weight excluding hydrogens is 242 g/mol. The molecule has 2 aliphatic rings. The van der Waals surface area contributed by atoms with E-state index in [0.29, 0.717) is 6.42 Å². The third-order valence-corrected chi connectivity index (χ3v) is 4.52. The summed E-state index contributed by atoms with van der Waals surface area (Å²) in [6.45, 7) is 1.76. The second kappa shape index (κ2) is 4.53. The molecule has 0 aromatic heterocycles. The van der Waals surface area contributed by atoms with Gasteiger partial charge in [-0.25, -0.2) is 4.79 Å². The predicted molar refractivity (Wildman–Crippen MR) is 71.4 cm³/mol. The molecule has 1 aromatic rings. The fourth-order valence-electron chi connectivity index (χ4n) is 3.52. The van der Waals surface area contributed by atoms with Crippen LogP contribution in [0.2, 0.25) is 0 Å². The molecule has 1 unspecified atom stereocenters. The summed E-state index contributed by atoms with van der Waals surface area (Å²) in [6.07, 6.45) is 3.69. The number of aryl methyl sites for hydroxylation is 1. The van der Waals surface area contributed by atoms with Crippen molar-refractivity contribution in [1.82, 2.24) is 4.90 Å². The third-order valence-electron chi connectivity index (χ3n) is 4.52. The fourth-order valence-corrected chi connectivity index (χ4v) is 3.52. The highest BCUT2D eigenvalue weighted by Gasteiger charge is 2.50. The van der Waals surface area contributed by atoms with Gasteiger partial charge in [-0.15, -0.1) is 0 Å². The quantitative estimate of drug-likeness (QED) is 0.904. The molecular formula is C15H19NO3. The van der Waals surface area contributed by atoms with Gasteiger partial charge in [-0.2, -0.15) is 0 Å². The van der Waals surface area contributed by atoms with Gasteiger partial charge >= 0.3 is 5.97 Å². The summed E-state index contributed by atoms with van der Waals surface area (Å²) in [5, 5.41) is 9.85. The molecule has 4 heteroatoms. The Morgan fingerprint density at radius 2 is 2.11 bits per heavy atom. The zero-order chi connectivity index (χ0) is 13.5. The van der Waals surface area contributed by atoms with E-state index in [9.17, 15) is 9.90 Å². The van der Waals surface area contributed by atoms with Gasteiger partial charge in [-0.3, -0.25) is 4.90 Å². The number of rotatable bonds is 3. The van der Waals surface area contributed by atoms with Gasteiger partial charge in [0.05, 0.1) is 7.11 Å². The Labute approximate surface area is 113 Å². The maximum Gasteiger partial charge on any atom is 0.328 e. The van der Waals surface area contributed by atoms with Crippen molar-refractivity contribution in [2.75, 3.05) is 20.2 Å². The number of fused-ring (bicyclic) bond motifs is 1. The summed E-state index contributed by atoms with van der Waals surface area (Å²) in [7, 11) is 1.62. The molecule has 1 fully saturated rings. The van der Waals surface area contributed by atoms with Gasteiger partial charge in [-0.05, 0) is 62.0 Å². The fraction of sp³-hybridized carbons (Fsp3) is 0.533. The molecule has 0 saturated carbocycles. The summed E-state index contributed by atoms with van der Waals surface area (Å²) in [6, 6.07) is 5.84. The maximum absolute atomic E-state index is 12.0. The van der Waals surface area contributed by atoms with Gasteiger partial charge in [0.25, 0.3) is 0 Å². The average Bonchev–Trinajstić information content (AvgIpc) is 3.05. The topological polar surface area (TPSA) is 49.8 Å². The number of likely N-dealkylation sites (tertiary alicyclic amines) is 1. The zero-order valence-electron chi connectivity index (χ0n) is 11.2. The highest BCUT2D eigenvalue weighted by atomic mass is 16.5. The van der Waals surface area contributed by atoms with Gasteiger partial charge in [-0.1, -0.05) is 6.07 Å². The first-order valence-electron chi connectivity index (χ1n) is 6.84. The normalized spacial score (nSPS) is 26.4. The van der Waals surface area contributed by atoms with E-state index in [1.807, 2.05) is 18.2 Å². The number of benzene rings is 1. The summed E-state index contributed by atoms with van der Waals surface area (Å²) in [5.74, 6) is 0.0203. The second-order valence-electron chi connectivity index (χ2n) is 5.38. The molecule has 19 heavy (non-hydrogen) atoms. The van der Waals surface area contributed by atoms with E-state index in [0.717, 1.165) is 49.2 Å². The van der Waals surface area contributed by atoms with Crippen LogP contribution in [0.3, 0.4) is 0 Å². The van der Waals surface area contributed by atoms with Crippen molar-refractivity contribution in [3.05, 3.63) is 29.3 Å². The number of hydrogen-bond donors (Lipinski definition) is 1. The number of ether oxygens (including phenoxy) is 1. The molecule has 4 nitrogen and oxygen atoms in total. The smallest absolute Gasteiger partial charge is 0.328 e. The Morgan fingerprint density at radius 1 is 1.37 bits per heavy atom. The largest absolute Gasteiger partial charge is 0.497 e. The summed E-state index contributed by atoms with van der Waals surface area (Å²) in [5.41, 5.74) is 1.25. The number of carboxylic acids is 1. The molecule has 0 amide bonds. The van der Waals surface area contributed by atoms with Crippen LogP contribution in [0.5, 0.6) is 5.75 Å². The molecule has 102 valence electrons. The Hall–Kier alpha value is -1.55. The monoisotopic (exact) mass is 261 g/mol. The third kappa shape index (κ3) is 1.74. The predicted octanol–water partition coefficient (Wildman–Crippen LogP) is 2.02. The molecule has 0 bridgehead atoms. The Balaban J connectivity index is 2.11. The van der Waals surface area contributed by atoms with Crippen LogP contribution in [0.1, 0.15) is 30.4 Å². The van der Waals surface area contributed by atoms with Gasteiger partial charge in [0, 0.05) is 0 Å². The van der Waals surface area contributed by atoms with Crippen LogP contribution in [0.4, 0.5) is 0 Å². The lowest BCUT2D eigenvalue weighted by atomic mass is 9.90. The van der Waals surface area contributed by atoms with Crippen LogP contribution in [0.25, 0.3) is 0 Å². The van der Waals surface area contributed by atoms with Crippen LogP contribution in [0, 0.1) is 0 Å². The van der Waals surface area contributed by atoms with Crippen molar-refractivity contribution in [3.63, 3.8) is 0 Å². The number of hydrogen-bond acceptors (Lipinski definition) is 3. The summed E-state index contributed by atoms with van der Waals surface area (Å²) < 4.78 is 5.26. The van der Waals surface area contributed by atoms with Gasteiger partial charge < -0.3 is 9.84 Å². The molecule has 1 atom stereocenters. The highest BCUT2D eigenvalue weighted by molar-refractivity contribution is 5.83. The lowest BCUT2D eigenvalue weighted by molar-refractivity contribution is -0.151. The van der Waals surface area contributed by atoms with Gasteiger partial charge in [0.2, 0.25) is 0 Å². The summed E-state index contributed by atoms with van der Waals surface area (Å²) in [4.78, 5) is 14.1. The molecule has 1 aliphatic heterocycles. The van der Waals surface area contributed by atoms with E-state index in [1.54, 1.807) is 7.11 Å². The first kappa shape index (κ1) is 12.5. The SMILES string of the molecule is COc1ccc2c(c1)C(C(=O)O)(N1CCCC1)CC2. The van der Waals surface area contributed by atoms with Gasteiger partial charge in [0.15, 0.2) is 0 Å². The molecule has 1 aliphatic carbocycles. The first-order chi connectivity index (χ1) is 9.18. The molecule has 0 spiro atoms. The van der Waals surface area contributed by atoms with Crippen molar-refractivity contribution in [2.24, 2.45) is 0 Å². The minimum absolute atomic E-state index is 0.671. The van der Waals surface area contributed by atoms with Crippen LogP contribution in [0.15, 0.2) is 18.2 Å². The number of carboxylic acid groups (broad SMARTS) is 1. The van der Waals surface area contributed by atoms with E-state index < -0.39 is 11.5 Å². The molecule has 1 heterocycles. The lowest BCUT2D eigenvalue weighted by Gasteiger charge is -2.35. The van der Waals surface area contributed by atoms with Crippen molar-refractivity contribution in [2.45, 2.75) is 31.2 Å². The second-order valence-corrected chi connectivity index (χ2v) is 5.38. The van der Waals surface area contributed by atoms with E-state index in [2.05, 4.69) is 4.90 Å². The Morgan fingerprint density at radius 3 is 2.74 bits per heavy atom. The van der Waals surface area contributed by atoms with Crippen LogP contribution in [-0.4, -0.2) is 36.2 Å². The lowest BCUT2D eigenvalue weighted by Crippen LogP contribution is -2.49. The Bertz CT molecular complexity index is 508. The average molecular weight is 261 g/mol. The van der Waals surface area contributed by atoms with Crippen molar-refractivity contribution >= 4 is 5.97 Å². The molecule has 3 rings (SSSR count). The maximum atomic E-state index is 12.0. The standard InChI is InChI=1S/C15H19NO3/c1-19-12-5-4-11-6-7-15(14(17)18,13(11)10-12)16-8-2-3-9-16/h4-5,10H,2-3,6-9H2,1H3,(H,17,18). The minimum Gasteiger partial charge on any atom is -0.497 e. The number of carbonyl (C=O) groups is 1. The number of aliphatic carboxylic acids is 1. The van der Waals surface area contributed by atoms with Crippen LogP contribution >= 0.6 is 0 Å². The summed E-state index contributed by atoms with van der Waals surface area (Å²) >= 11 is 0. The van der Waals surface area contributed by atoms with Crippen LogP contribution < -0.4 is 4.74 Å². The Kier molecular flexibility index (Phi) is 2.97. The molecule has 1 saturated heterocycles. The molecule has 0 radical (unpaired) electrons. The van der Waals surface area contributed by atoms with E-state index >= 15 is 0 Å². The van der Waals surface area contributed by atoms with E-state index in [1.165, 1.54) is 0 Å². The van der Waals surface area contributed by atoms with E-state index in [4.69, 9.17) is 4.74 Å². The van der Waals surface area contributed by atoms with Gasteiger partial charge in [0.1, 0.15) is 11.3 Å². The van der Waals surface area contributed by atoms with Crippen molar-refractivity contribution in [1.29, 1.82) is 0 Å². The molecule has 1 aromatic carbocycles. The number of methoxy groups -OCH3 is 1. The highest BCUT2D eigenvalue weighted by Crippen LogP contribution is 2.44. The van der Waals surface area contributed by atoms with Crippen LogP contribution in [-0.2, 0) is 16.8 Å².